The Morgan fingerprint density at radius 1 is 1.15 bits per heavy atom. The van der Waals surface area contributed by atoms with Gasteiger partial charge in [-0.3, -0.25) is 0 Å². The van der Waals surface area contributed by atoms with Crippen molar-refractivity contribution in [3.8, 4) is 0 Å². The van der Waals surface area contributed by atoms with Crippen molar-refractivity contribution in [3.05, 3.63) is 31.7 Å². The molecule has 0 saturated carbocycles. The number of halogens is 3. The van der Waals surface area contributed by atoms with Crippen LogP contribution in [0.4, 0.5) is 0 Å². The molecule has 13 heavy (non-hydrogen) atoms. The van der Waals surface area contributed by atoms with Gasteiger partial charge in [-0.15, -0.1) is 0 Å². The molecule has 0 fully saturated rings. The number of benzene rings is 1. The Morgan fingerprint density at radius 3 is 2.54 bits per heavy atom. The highest BCUT2D eigenvalue weighted by atomic mass is 79.9. The van der Waals surface area contributed by atoms with Crippen LogP contribution >= 0.6 is 47.8 Å². The van der Waals surface area contributed by atoms with Gasteiger partial charge in [0.2, 0.25) is 0 Å². The molecule has 0 saturated heterocycles. The maximum Gasteiger partial charge on any atom is 0.0999 e. The second-order valence-electron chi connectivity index (χ2n) is 2.83. The molecule has 1 nitrogen and oxygen atoms in total. The molecule has 1 aromatic heterocycles. The predicted octanol–water partition coefficient (Wildman–Crippen LogP) is 4.47. The number of rotatable bonds is 0. The fraction of sp³-hybridized carbons (Fsp3) is 0.111. The predicted molar refractivity (Wildman–Crippen MR) is 66.0 cm³/mol. The van der Waals surface area contributed by atoms with Crippen molar-refractivity contribution in [2.45, 2.75) is 0 Å². The average Bonchev–Trinajstić information content (AvgIpc) is 2.32. The summed E-state index contributed by atoms with van der Waals surface area (Å²) in [4.78, 5) is 0. The standard InChI is InChI=1S/C9H6Br3N/c1-13-7-4-5(10)2-3-6(7)8(11)9(13)12/h2-4H,1H3. The minimum Gasteiger partial charge on any atom is -0.337 e. The van der Waals surface area contributed by atoms with Crippen LogP contribution in [0.5, 0.6) is 0 Å². The molecule has 0 amide bonds. The molecule has 0 atom stereocenters. The number of aryl methyl sites for hydroxylation is 1. The molecule has 0 aliphatic heterocycles. The van der Waals surface area contributed by atoms with Crippen LogP contribution < -0.4 is 0 Å². The Kier molecular flexibility index (Phi) is 2.55. The molecule has 2 aromatic rings. The van der Waals surface area contributed by atoms with Crippen LogP contribution in [0.15, 0.2) is 31.7 Å². The molecule has 0 N–H and O–H groups in total. The quantitative estimate of drug-likeness (QED) is 0.647. The van der Waals surface area contributed by atoms with E-state index in [9.17, 15) is 0 Å². The lowest BCUT2D eigenvalue weighted by molar-refractivity contribution is 0.937. The first-order valence-electron chi connectivity index (χ1n) is 3.70. The monoisotopic (exact) mass is 365 g/mol. The topological polar surface area (TPSA) is 4.93 Å². The zero-order valence-electron chi connectivity index (χ0n) is 6.81. The summed E-state index contributed by atoms with van der Waals surface area (Å²) in [5.74, 6) is 0. The van der Waals surface area contributed by atoms with Crippen molar-refractivity contribution in [3.63, 3.8) is 0 Å². The maximum atomic E-state index is 3.54. The zero-order valence-corrected chi connectivity index (χ0v) is 11.6. The van der Waals surface area contributed by atoms with Gasteiger partial charge in [0.1, 0.15) is 0 Å². The zero-order chi connectivity index (χ0) is 9.59. The Labute approximate surface area is 101 Å². The van der Waals surface area contributed by atoms with Crippen molar-refractivity contribution in [2.24, 2.45) is 7.05 Å². The van der Waals surface area contributed by atoms with Crippen molar-refractivity contribution in [1.82, 2.24) is 4.57 Å². The smallest absolute Gasteiger partial charge is 0.0999 e. The van der Waals surface area contributed by atoms with Gasteiger partial charge in [0, 0.05) is 16.9 Å². The van der Waals surface area contributed by atoms with E-state index in [-0.39, 0.29) is 0 Å². The Hall–Kier alpha value is 0.200. The van der Waals surface area contributed by atoms with Gasteiger partial charge in [-0.05, 0) is 44.0 Å². The first-order valence-corrected chi connectivity index (χ1v) is 6.08. The van der Waals surface area contributed by atoms with Crippen LogP contribution in [0, 0.1) is 0 Å². The third kappa shape index (κ3) is 1.49. The number of hydrogen-bond donors (Lipinski definition) is 0. The molecular weight excluding hydrogens is 362 g/mol. The molecule has 68 valence electrons. The largest absolute Gasteiger partial charge is 0.337 e. The molecular formula is C9H6Br3N. The third-order valence-corrected chi connectivity index (χ3v) is 4.79. The average molecular weight is 368 g/mol. The van der Waals surface area contributed by atoms with E-state index in [0.29, 0.717) is 0 Å². The highest BCUT2D eigenvalue weighted by Crippen LogP contribution is 2.34. The summed E-state index contributed by atoms with van der Waals surface area (Å²) in [6, 6.07) is 6.23. The SMILES string of the molecule is Cn1c(Br)c(Br)c2ccc(Br)cc21. The van der Waals surface area contributed by atoms with E-state index in [1.165, 1.54) is 10.9 Å². The van der Waals surface area contributed by atoms with Crippen LogP contribution in [-0.4, -0.2) is 4.57 Å². The summed E-state index contributed by atoms with van der Waals surface area (Å²) in [5.41, 5.74) is 1.20. The van der Waals surface area contributed by atoms with E-state index in [2.05, 4.69) is 64.5 Å². The number of hydrogen-bond acceptors (Lipinski definition) is 0. The molecule has 0 aliphatic carbocycles. The molecule has 0 radical (unpaired) electrons. The van der Waals surface area contributed by atoms with Crippen LogP contribution in [0.2, 0.25) is 0 Å². The van der Waals surface area contributed by atoms with E-state index in [4.69, 9.17) is 0 Å². The maximum absolute atomic E-state index is 3.54. The van der Waals surface area contributed by atoms with Crippen molar-refractivity contribution < 1.29 is 0 Å². The molecule has 4 heteroatoms. The van der Waals surface area contributed by atoms with Gasteiger partial charge in [-0.25, -0.2) is 0 Å². The lowest BCUT2D eigenvalue weighted by Crippen LogP contribution is -1.85. The lowest BCUT2D eigenvalue weighted by Gasteiger charge is -1.97. The van der Waals surface area contributed by atoms with Crippen molar-refractivity contribution in [2.75, 3.05) is 0 Å². The van der Waals surface area contributed by atoms with Crippen molar-refractivity contribution in [1.29, 1.82) is 0 Å². The number of fused-ring (bicyclic) bond motifs is 1. The summed E-state index contributed by atoms with van der Waals surface area (Å²) >= 11 is 10.5. The summed E-state index contributed by atoms with van der Waals surface area (Å²) < 4.78 is 5.38. The fourth-order valence-corrected chi connectivity index (χ4v) is 2.69. The summed E-state index contributed by atoms with van der Waals surface area (Å²) in [6.45, 7) is 0. The highest BCUT2D eigenvalue weighted by molar-refractivity contribution is 9.13. The molecule has 0 bridgehead atoms. The van der Waals surface area contributed by atoms with Gasteiger partial charge in [-0.2, -0.15) is 0 Å². The van der Waals surface area contributed by atoms with E-state index < -0.39 is 0 Å². The summed E-state index contributed by atoms with van der Waals surface area (Å²) in [7, 11) is 2.03. The second kappa shape index (κ2) is 3.41. The minimum absolute atomic E-state index is 1.07. The number of nitrogens with zero attached hydrogens (tertiary/aromatic N) is 1. The summed E-state index contributed by atoms with van der Waals surface area (Å²) in [5, 5.41) is 1.22. The Morgan fingerprint density at radius 2 is 1.85 bits per heavy atom. The van der Waals surface area contributed by atoms with E-state index >= 15 is 0 Å². The van der Waals surface area contributed by atoms with Gasteiger partial charge in [-0.1, -0.05) is 22.0 Å². The normalized spacial score (nSPS) is 11.1. The van der Waals surface area contributed by atoms with Crippen LogP contribution in [0.1, 0.15) is 0 Å². The third-order valence-electron chi connectivity index (χ3n) is 2.03. The lowest BCUT2D eigenvalue weighted by atomic mass is 10.2. The first-order chi connectivity index (χ1) is 6.11. The minimum atomic E-state index is 1.07. The van der Waals surface area contributed by atoms with Gasteiger partial charge in [0.05, 0.1) is 14.6 Å². The number of aromatic nitrogens is 1. The molecule has 0 spiro atoms. The van der Waals surface area contributed by atoms with Gasteiger partial charge in [0.25, 0.3) is 0 Å². The van der Waals surface area contributed by atoms with Gasteiger partial charge in [0.15, 0.2) is 0 Å². The second-order valence-corrected chi connectivity index (χ2v) is 5.29. The van der Waals surface area contributed by atoms with Gasteiger partial charge < -0.3 is 4.57 Å². The van der Waals surface area contributed by atoms with E-state index in [1.807, 2.05) is 13.1 Å². The molecule has 1 heterocycles. The Bertz CT molecular complexity index is 473. The van der Waals surface area contributed by atoms with E-state index in [0.717, 1.165) is 13.5 Å². The van der Waals surface area contributed by atoms with Crippen LogP contribution in [0.3, 0.4) is 0 Å². The van der Waals surface area contributed by atoms with Crippen molar-refractivity contribution >= 4 is 58.7 Å². The van der Waals surface area contributed by atoms with E-state index in [1.54, 1.807) is 0 Å². The van der Waals surface area contributed by atoms with Crippen LogP contribution in [0.25, 0.3) is 10.9 Å². The van der Waals surface area contributed by atoms with Crippen LogP contribution in [-0.2, 0) is 7.05 Å². The fourth-order valence-electron chi connectivity index (χ4n) is 1.33. The highest BCUT2D eigenvalue weighted by Gasteiger charge is 2.09. The first kappa shape index (κ1) is 9.74. The molecule has 0 aliphatic rings. The Balaban J connectivity index is 2.95. The molecule has 2 rings (SSSR count). The van der Waals surface area contributed by atoms with Gasteiger partial charge >= 0.3 is 0 Å². The summed E-state index contributed by atoms with van der Waals surface area (Å²) in [6.07, 6.45) is 0. The molecule has 1 aromatic carbocycles. The molecule has 0 unspecified atom stereocenters.